The molecular formula is C8H12BrNO5. The second-order valence-electron chi connectivity index (χ2n) is 2.51. The van der Waals surface area contributed by atoms with Gasteiger partial charge in [0.2, 0.25) is 11.9 Å². The number of ether oxygens (including phenoxy) is 2. The molecule has 15 heavy (non-hydrogen) atoms. The van der Waals surface area contributed by atoms with Crippen LogP contribution in [0.4, 0.5) is 0 Å². The molecule has 1 N–H and O–H groups in total. The zero-order chi connectivity index (χ0) is 11.8. The molecule has 0 saturated carbocycles. The highest BCUT2D eigenvalue weighted by molar-refractivity contribution is 9.09. The molecule has 0 aromatic rings. The highest BCUT2D eigenvalue weighted by Gasteiger charge is 2.29. The number of carbonyl (C=O) groups is 3. The number of amides is 1. The average molecular weight is 282 g/mol. The monoisotopic (exact) mass is 281 g/mol. The topological polar surface area (TPSA) is 81.7 Å². The predicted molar refractivity (Wildman–Crippen MR) is 54.4 cm³/mol. The molecule has 0 aromatic carbocycles. The standard InChI is InChI=1S/C8H12BrNO5/c1-5(11)10-6(7(12)14-2)8(13)15-4-3-9/h6H,3-4H2,1-2H3,(H,10,11). The smallest absolute Gasteiger partial charge is 0.340 e. The number of rotatable bonds is 5. The van der Waals surface area contributed by atoms with Crippen molar-refractivity contribution in [2.24, 2.45) is 0 Å². The zero-order valence-corrected chi connectivity index (χ0v) is 10.00. The normalized spacial score (nSPS) is 11.4. The molecule has 6 nitrogen and oxygen atoms in total. The number of methoxy groups -OCH3 is 1. The van der Waals surface area contributed by atoms with Crippen molar-refractivity contribution < 1.29 is 23.9 Å². The van der Waals surface area contributed by atoms with Crippen LogP contribution in [0.2, 0.25) is 0 Å². The molecule has 0 saturated heterocycles. The predicted octanol–water partition coefficient (Wildman–Crippen LogP) is -0.398. The van der Waals surface area contributed by atoms with E-state index in [-0.39, 0.29) is 6.61 Å². The first-order valence-electron chi connectivity index (χ1n) is 4.10. The van der Waals surface area contributed by atoms with Crippen LogP contribution in [0.25, 0.3) is 0 Å². The van der Waals surface area contributed by atoms with E-state index in [0.29, 0.717) is 5.33 Å². The first-order chi connectivity index (χ1) is 7.02. The van der Waals surface area contributed by atoms with Crippen LogP contribution >= 0.6 is 15.9 Å². The third kappa shape index (κ3) is 5.36. The summed E-state index contributed by atoms with van der Waals surface area (Å²) in [6, 6.07) is -1.40. The van der Waals surface area contributed by atoms with Gasteiger partial charge in [-0.2, -0.15) is 0 Å². The van der Waals surface area contributed by atoms with Crippen molar-refractivity contribution in [2.45, 2.75) is 13.0 Å². The molecule has 1 unspecified atom stereocenters. The van der Waals surface area contributed by atoms with Crippen LogP contribution in [0.15, 0.2) is 0 Å². The Morgan fingerprint density at radius 3 is 2.33 bits per heavy atom. The summed E-state index contributed by atoms with van der Waals surface area (Å²) in [5, 5.41) is 2.59. The Morgan fingerprint density at radius 1 is 1.33 bits per heavy atom. The van der Waals surface area contributed by atoms with E-state index in [1.54, 1.807) is 0 Å². The summed E-state index contributed by atoms with van der Waals surface area (Å²) in [5.41, 5.74) is 0. The van der Waals surface area contributed by atoms with Crippen molar-refractivity contribution in [3.8, 4) is 0 Å². The number of halogens is 1. The Morgan fingerprint density at radius 2 is 1.93 bits per heavy atom. The summed E-state index contributed by atoms with van der Waals surface area (Å²) >= 11 is 3.05. The SMILES string of the molecule is COC(=O)C(NC(C)=O)C(=O)OCCBr. The summed E-state index contributed by atoms with van der Waals surface area (Å²) in [7, 11) is 1.12. The zero-order valence-electron chi connectivity index (χ0n) is 8.41. The lowest BCUT2D eigenvalue weighted by Gasteiger charge is -2.13. The minimum absolute atomic E-state index is 0.117. The molecule has 0 aliphatic heterocycles. The Hall–Kier alpha value is -1.11. The summed E-state index contributed by atoms with van der Waals surface area (Å²) < 4.78 is 9.02. The quantitative estimate of drug-likeness (QED) is 0.421. The van der Waals surface area contributed by atoms with E-state index in [4.69, 9.17) is 0 Å². The number of alkyl halides is 1. The molecule has 0 rings (SSSR count). The maximum Gasteiger partial charge on any atom is 0.340 e. The van der Waals surface area contributed by atoms with E-state index in [2.05, 4.69) is 30.7 Å². The molecule has 1 amide bonds. The molecule has 86 valence electrons. The maximum absolute atomic E-state index is 11.3. The van der Waals surface area contributed by atoms with Crippen LogP contribution in [-0.4, -0.2) is 42.9 Å². The Labute approximate surface area is 95.4 Å². The molecule has 0 fully saturated rings. The maximum atomic E-state index is 11.3. The van der Waals surface area contributed by atoms with E-state index in [1.165, 1.54) is 6.92 Å². The molecule has 0 aliphatic rings. The van der Waals surface area contributed by atoms with E-state index in [1.807, 2.05) is 0 Å². The minimum Gasteiger partial charge on any atom is -0.467 e. The lowest BCUT2D eigenvalue weighted by Crippen LogP contribution is -2.47. The van der Waals surface area contributed by atoms with E-state index in [0.717, 1.165) is 7.11 Å². The molecule has 0 aliphatic carbocycles. The third-order valence-corrected chi connectivity index (χ3v) is 1.67. The highest BCUT2D eigenvalue weighted by Crippen LogP contribution is 1.94. The first-order valence-corrected chi connectivity index (χ1v) is 5.22. The largest absolute Gasteiger partial charge is 0.467 e. The molecular weight excluding hydrogens is 270 g/mol. The van der Waals surface area contributed by atoms with Crippen LogP contribution in [0.1, 0.15) is 6.92 Å². The van der Waals surface area contributed by atoms with Crippen molar-refractivity contribution in [2.75, 3.05) is 19.0 Å². The van der Waals surface area contributed by atoms with Crippen molar-refractivity contribution in [1.82, 2.24) is 5.32 Å². The van der Waals surface area contributed by atoms with Crippen molar-refractivity contribution >= 4 is 33.8 Å². The van der Waals surface area contributed by atoms with Crippen molar-refractivity contribution in [3.63, 3.8) is 0 Å². The van der Waals surface area contributed by atoms with E-state index in [9.17, 15) is 14.4 Å². The van der Waals surface area contributed by atoms with Gasteiger partial charge in [0.15, 0.2) is 0 Å². The molecule has 0 aromatic heterocycles. The van der Waals surface area contributed by atoms with Gasteiger partial charge < -0.3 is 14.8 Å². The van der Waals surface area contributed by atoms with Gasteiger partial charge in [-0.25, -0.2) is 9.59 Å². The van der Waals surface area contributed by atoms with Gasteiger partial charge in [0.25, 0.3) is 0 Å². The Kier molecular flexibility index (Phi) is 6.68. The fourth-order valence-electron chi connectivity index (χ4n) is 0.758. The molecule has 0 heterocycles. The van der Waals surface area contributed by atoms with E-state index >= 15 is 0 Å². The fraction of sp³-hybridized carbons (Fsp3) is 0.625. The number of nitrogens with one attached hydrogen (secondary N) is 1. The van der Waals surface area contributed by atoms with Gasteiger partial charge in [-0.1, -0.05) is 15.9 Å². The van der Waals surface area contributed by atoms with Gasteiger partial charge in [0, 0.05) is 12.3 Å². The van der Waals surface area contributed by atoms with Crippen LogP contribution in [0.3, 0.4) is 0 Å². The summed E-state index contributed by atoms with van der Waals surface area (Å²) in [6.07, 6.45) is 0. The van der Waals surface area contributed by atoms with Gasteiger partial charge in [0.1, 0.15) is 6.61 Å². The van der Waals surface area contributed by atoms with E-state index < -0.39 is 23.9 Å². The van der Waals surface area contributed by atoms with Gasteiger partial charge in [0.05, 0.1) is 7.11 Å². The average Bonchev–Trinajstić information content (AvgIpc) is 2.21. The summed E-state index contributed by atoms with van der Waals surface area (Å²) in [4.78, 5) is 33.1. The Balaban J connectivity index is 4.40. The van der Waals surface area contributed by atoms with Gasteiger partial charge in [-0.3, -0.25) is 4.79 Å². The molecule has 0 radical (unpaired) electrons. The Bertz CT molecular complexity index is 255. The lowest BCUT2D eigenvalue weighted by atomic mass is 10.3. The summed E-state index contributed by atoms with van der Waals surface area (Å²) in [5.74, 6) is -2.21. The number of hydrogen-bond donors (Lipinski definition) is 1. The van der Waals surface area contributed by atoms with Crippen LogP contribution in [0, 0.1) is 0 Å². The number of carbonyl (C=O) groups excluding carboxylic acids is 3. The molecule has 0 spiro atoms. The van der Waals surface area contributed by atoms with Gasteiger partial charge in [-0.05, 0) is 0 Å². The van der Waals surface area contributed by atoms with Crippen molar-refractivity contribution in [1.29, 1.82) is 0 Å². The summed E-state index contributed by atoms with van der Waals surface area (Å²) in [6.45, 7) is 1.31. The van der Waals surface area contributed by atoms with Crippen LogP contribution in [-0.2, 0) is 23.9 Å². The van der Waals surface area contributed by atoms with Gasteiger partial charge >= 0.3 is 11.9 Å². The molecule has 1 atom stereocenters. The minimum atomic E-state index is -1.40. The number of esters is 2. The molecule has 0 bridgehead atoms. The van der Waals surface area contributed by atoms with Crippen LogP contribution < -0.4 is 5.32 Å². The molecule has 7 heteroatoms. The lowest BCUT2D eigenvalue weighted by molar-refractivity contribution is -0.158. The second-order valence-corrected chi connectivity index (χ2v) is 3.31. The number of hydrogen-bond acceptors (Lipinski definition) is 5. The van der Waals surface area contributed by atoms with Gasteiger partial charge in [-0.15, -0.1) is 0 Å². The van der Waals surface area contributed by atoms with Crippen molar-refractivity contribution in [3.05, 3.63) is 0 Å². The second kappa shape index (κ2) is 7.22. The first kappa shape index (κ1) is 13.9. The fourth-order valence-corrected chi connectivity index (χ4v) is 0.920. The highest BCUT2D eigenvalue weighted by atomic mass is 79.9. The van der Waals surface area contributed by atoms with Crippen LogP contribution in [0.5, 0.6) is 0 Å². The third-order valence-electron chi connectivity index (χ3n) is 1.34.